The van der Waals surface area contributed by atoms with E-state index in [1.807, 2.05) is 25.7 Å². The van der Waals surface area contributed by atoms with Gasteiger partial charge < -0.3 is 14.4 Å². The molecule has 7 heteroatoms. The van der Waals surface area contributed by atoms with Crippen molar-refractivity contribution in [1.82, 2.24) is 14.9 Å². The van der Waals surface area contributed by atoms with Crippen molar-refractivity contribution in [3.8, 4) is 6.01 Å². The van der Waals surface area contributed by atoms with E-state index in [2.05, 4.69) is 9.97 Å². The van der Waals surface area contributed by atoms with E-state index in [1.165, 1.54) is 12.4 Å². The van der Waals surface area contributed by atoms with Gasteiger partial charge in [-0.15, -0.1) is 0 Å². The Morgan fingerprint density at radius 1 is 1.35 bits per heavy atom. The van der Waals surface area contributed by atoms with Crippen LogP contribution in [0.25, 0.3) is 0 Å². The van der Waals surface area contributed by atoms with Crippen LogP contribution in [0.2, 0.25) is 5.02 Å². The number of piperidine rings is 1. The van der Waals surface area contributed by atoms with Crippen molar-refractivity contribution in [3.05, 3.63) is 17.4 Å². The molecule has 2 rings (SSSR count). The zero-order valence-electron chi connectivity index (χ0n) is 13.9. The topological polar surface area (TPSA) is 64.5 Å². The number of hydrogen-bond donors (Lipinski definition) is 0. The highest BCUT2D eigenvalue weighted by Gasteiger charge is 2.30. The first-order valence-electron chi connectivity index (χ1n) is 7.95. The molecule has 1 unspecified atom stereocenters. The monoisotopic (exact) mass is 341 g/mol. The molecule has 0 spiro atoms. The van der Waals surface area contributed by atoms with E-state index in [4.69, 9.17) is 21.1 Å². The van der Waals surface area contributed by atoms with E-state index >= 15 is 0 Å². The van der Waals surface area contributed by atoms with Crippen molar-refractivity contribution in [2.45, 2.75) is 58.1 Å². The Morgan fingerprint density at radius 2 is 2.04 bits per heavy atom. The molecule has 1 aliphatic rings. The third kappa shape index (κ3) is 5.86. The van der Waals surface area contributed by atoms with Gasteiger partial charge in [0.1, 0.15) is 5.60 Å². The summed E-state index contributed by atoms with van der Waals surface area (Å²) < 4.78 is 11.0. The molecule has 1 aromatic heterocycles. The number of carbonyl (C=O) groups excluding carboxylic acids is 1. The Kier molecular flexibility index (Phi) is 6.04. The summed E-state index contributed by atoms with van der Waals surface area (Å²) in [7, 11) is 0. The molecule has 1 aliphatic heterocycles. The Bertz CT molecular complexity index is 516. The fourth-order valence-electron chi connectivity index (χ4n) is 2.52. The minimum Gasteiger partial charge on any atom is -0.463 e. The Labute approximate surface area is 142 Å². The van der Waals surface area contributed by atoms with Crippen LogP contribution in [0.4, 0.5) is 4.79 Å². The van der Waals surface area contributed by atoms with Crippen LogP contribution in [0, 0.1) is 0 Å². The van der Waals surface area contributed by atoms with E-state index < -0.39 is 5.60 Å². The van der Waals surface area contributed by atoms with Crippen LogP contribution in [-0.4, -0.2) is 45.8 Å². The van der Waals surface area contributed by atoms with Crippen LogP contribution in [0.3, 0.4) is 0 Å². The molecule has 0 radical (unpaired) electrons. The first-order chi connectivity index (χ1) is 10.8. The van der Waals surface area contributed by atoms with Crippen LogP contribution in [-0.2, 0) is 4.74 Å². The fraction of sp³-hybridized carbons (Fsp3) is 0.688. The molecule has 2 heterocycles. The van der Waals surface area contributed by atoms with Gasteiger partial charge in [-0.1, -0.05) is 11.6 Å². The van der Waals surface area contributed by atoms with E-state index in [0.717, 1.165) is 32.2 Å². The van der Waals surface area contributed by atoms with Crippen molar-refractivity contribution < 1.29 is 14.3 Å². The number of likely N-dealkylation sites (tertiary alicyclic amines) is 1. The summed E-state index contributed by atoms with van der Waals surface area (Å²) in [4.78, 5) is 22.1. The lowest BCUT2D eigenvalue weighted by molar-refractivity contribution is 0.00732. The molecule has 0 saturated carbocycles. The van der Waals surface area contributed by atoms with Gasteiger partial charge >= 0.3 is 12.1 Å². The number of nitrogens with zero attached hydrogens (tertiary/aromatic N) is 3. The first-order valence-corrected chi connectivity index (χ1v) is 8.33. The maximum Gasteiger partial charge on any atom is 0.410 e. The highest BCUT2D eigenvalue weighted by atomic mass is 35.5. The summed E-state index contributed by atoms with van der Waals surface area (Å²) in [6.07, 6.45) is 6.56. The molecule has 1 atom stereocenters. The molecule has 0 bridgehead atoms. The first kappa shape index (κ1) is 17.8. The maximum absolute atomic E-state index is 12.3. The van der Waals surface area contributed by atoms with Crippen LogP contribution < -0.4 is 4.74 Å². The Balaban J connectivity index is 1.86. The number of aromatic nitrogens is 2. The zero-order chi connectivity index (χ0) is 16.9. The quantitative estimate of drug-likeness (QED) is 0.835. The lowest BCUT2D eigenvalue weighted by Gasteiger charge is -2.36. The predicted molar refractivity (Wildman–Crippen MR) is 87.7 cm³/mol. The largest absolute Gasteiger partial charge is 0.463 e. The number of rotatable bonds is 4. The van der Waals surface area contributed by atoms with Gasteiger partial charge in [0, 0.05) is 19.0 Å². The van der Waals surface area contributed by atoms with Crippen LogP contribution in [0.5, 0.6) is 6.01 Å². The van der Waals surface area contributed by atoms with Gasteiger partial charge in [0.2, 0.25) is 0 Å². The molecule has 0 N–H and O–H groups in total. The molecule has 6 nitrogen and oxygen atoms in total. The summed E-state index contributed by atoms with van der Waals surface area (Å²) in [6, 6.07) is 0.430. The molecule has 128 valence electrons. The van der Waals surface area contributed by atoms with Gasteiger partial charge in [-0.25, -0.2) is 14.8 Å². The van der Waals surface area contributed by atoms with E-state index in [0.29, 0.717) is 17.6 Å². The third-order valence-corrected chi connectivity index (χ3v) is 3.73. The standard InChI is InChI=1S/C16H24ClN3O3/c1-16(2,3)23-15(21)20-8-5-4-6-13(20)7-9-22-14-18-10-12(17)11-19-14/h10-11,13H,4-9H2,1-3H3. The van der Waals surface area contributed by atoms with Crippen molar-refractivity contribution in [2.75, 3.05) is 13.2 Å². The van der Waals surface area contributed by atoms with Crippen molar-refractivity contribution >= 4 is 17.7 Å². The predicted octanol–water partition coefficient (Wildman–Crippen LogP) is 3.69. The number of hydrogen-bond acceptors (Lipinski definition) is 5. The number of carbonyl (C=O) groups is 1. The van der Waals surface area contributed by atoms with E-state index in [9.17, 15) is 4.79 Å². The third-order valence-electron chi connectivity index (χ3n) is 3.53. The lowest BCUT2D eigenvalue weighted by Crippen LogP contribution is -2.46. The van der Waals surface area contributed by atoms with Crippen molar-refractivity contribution in [1.29, 1.82) is 0 Å². The number of amides is 1. The van der Waals surface area contributed by atoms with Crippen molar-refractivity contribution in [2.24, 2.45) is 0 Å². The Morgan fingerprint density at radius 3 is 2.70 bits per heavy atom. The number of halogens is 1. The normalized spacial score (nSPS) is 18.6. The second kappa shape index (κ2) is 7.81. The molecule has 0 aliphatic carbocycles. The Hall–Kier alpha value is -1.56. The SMILES string of the molecule is CC(C)(C)OC(=O)N1CCCCC1CCOc1ncc(Cl)cn1. The lowest BCUT2D eigenvalue weighted by atomic mass is 10.0. The minimum absolute atomic E-state index is 0.130. The molecule has 1 saturated heterocycles. The molecule has 1 aromatic rings. The van der Waals surface area contributed by atoms with E-state index in [1.54, 1.807) is 0 Å². The smallest absolute Gasteiger partial charge is 0.410 e. The van der Waals surface area contributed by atoms with Gasteiger partial charge in [-0.2, -0.15) is 0 Å². The highest BCUT2D eigenvalue weighted by molar-refractivity contribution is 6.30. The summed E-state index contributed by atoms with van der Waals surface area (Å²) >= 11 is 5.74. The maximum atomic E-state index is 12.3. The molecular weight excluding hydrogens is 318 g/mol. The highest BCUT2D eigenvalue weighted by Crippen LogP contribution is 2.22. The summed E-state index contributed by atoms with van der Waals surface area (Å²) in [5.74, 6) is 0. The average Bonchev–Trinajstić information content (AvgIpc) is 2.48. The second-order valence-corrected chi connectivity index (χ2v) is 7.08. The van der Waals surface area contributed by atoms with Gasteiger partial charge in [-0.3, -0.25) is 0 Å². The van der Waals surface area contributed by atoms with Crippen LogP contribution in [0.1, 0.15) is 46.5 Å². The average molecular weight is 342 g/mol. The van der Waals surface area contributed by atoms with E-state index in [-0.39, 0.29) is 12.1 Å². The molecule has 1 fully saturated rings. The van der Waals surface area contributed by atoms with Crippen LogP contribution >= 0.6 is 11.6 Å². The van der Waals surface area contributed by atoms with Crippen molar-refractivity contribution in [3.63, 3.8) is 0 Å². The molecule has 0 aromatic carbocycles. The summed E-state index contributed by atoms with van der Waals surface area (Å²) in [6.45, 7) is 6.82. The van der Waals surface area contributed by atoms with Gasteiger partial charge in [0.15, 0.2) is 0 Å². The molecule has 23 heavy (non-hydrogen) atoms. The number of ether oxygens (including phenoxy) is 2. The van der Waals surface area contributed by atoms with Crippen LogP contribution in [0.15, 0.2) is 12.4 Å². The second-order valence-electron chi connectivity index (χ2n) is 6.64. The minimum atomic E-state index is -0.479. The summed E-state index contributed by atoms with van der Waals surface area (Å²) in [5.41, 5.74) is -0.479. The fourth-order valence-corrected chi connectivity index (χ4v) is 2.62. The zero-order valence-corrected chi connectivity index (χ0v) is 14.7. The van der Waals surface area contributed by atoms with Gasteiger partial charge in [0.25, 0.3) is 0 Å². The summed E-state index contributed by atoms with van der Waals surface area (Å²) in [5, 5.41) is 0.473. The van der Waals surface area contributed by atoms with Gasteiger partial charge in [0.05, 0.1) is 24.0 Å². The van der Waals surface area contributed by atoms with Gasteiger partial charge in [-0.05, 0) is 40.0 Å². The molecular formula is C16H24ClN3O3. The molecule has 1 amide bonds.